The molecule has 0 aromatic heterocycles. The number of hydrogen-bond acceptors (Lipinski definition) is 1. The number of allylic oxidation sites excluding steroid dienone is 3. The molecule has 0 spiro atoms. The smallest absolute Gasteiger partial charge is 0.0400 e. The fourth-order valence-corrected chi connectivity index (χ4v) is 3.64. The summed E-state index contributed by atoms with van der Waals surface area (Å²) in [5.74, 6) is 0.273. The Bertz CT molecular complexity index is 1030. The van der Waals surface area contributed by atoms with Crippen LogP contribution in [0.2, 0.25) is 0 Å². The van der Waals surface area contributed by atoms with Crippen molar-refractivity contribution in [3.8, 4) is 11.1 Å². The minimum Gasteiger partial charge on any atom is -0.381 e. The van der Waals surface area contributed by atoms with Gasteiger partial charge in [-0.2, -0.15) is 0 Å². The zero-order valence-electron chi connectivity index (χ0n) is 18.2. The first-order valence-corrected chi connectivity index (χ1v) is 10.6. The molecule has 0 radical (unpaired) electrons. The molecule has 30 heavy (non-hydrogen) atoms. The fourth-order valence-electron chi connectivity index (χ4n) is 3.64. The van der Waals surface area contributed by atoms with Crippen LogP contribution in [0.25, 0.3) is 11.1 Å². The van der Waals surface area contributed by atoms with E-state index in [-0.39, 0.29) is 5.92 Å². The monoisotopic (exact) mass is 393 g/mol. The second-order valence-corrected chi connectivity index (χ2v) is 7.67. The molecule has 3 aromatic rings. The van der Waals surface area contributed by atoms with Crippen LogP contribution in [-0.4, -0.2) is 0 Å². The molecule has 0 amide bonds. The lowest BCUT2D eigenvalue weighted by molar-refractivity contribution is 0.823. The van der Waals surface area contributed by atoms with Crippen molar-refractivity contribution in [3.05, 3.63) is 132 Å². The van der Waals surface area contributed by atoms with Crippen LogP contribution >= 0.6 is 0 Å². The summed E-state index contributed by atoms with van der Waals surface area (Å²) in [7, 11) is 0. The summed E-state index contributed by atoms with van der Waals surface area (Å²) in [6.07, 6.45) is 6.51. The molecule has 1 nitrogen and oxygen atoms in total. The Balaban J connectivity index is 1.82. The first-order valence-electron chi connectivity index (χ1n) is 10.6. The highest BCUT2D eigenvalue weighted by atomic mass is 14.9. The van der Waals surface area contributed by atoms with Crippen LogP contribution in [0, 0.1) is 6.92 Å². The molecule has 0 saturated heterocycles. The molecule has 0 fully saturated rings. The summed E-state index contributed by atoms with van der Waals surface area (Å²) in [5, 5.41) is 3.48. The van der Waals surface area contributed by atoms with Crippen LogP contribution in [0.15, 0.2) is 115 Å². The molecule has 1 N–H and O–H groups in total. The van der Waals surface area contributed by atoms with E-state index in [2.05, 4.69) is 117 Å². The van der Waals surface area contributed by atoms with Gasteiger partial charge in [0, 0.05) is 18.2 Å². The van der Waals surface area contributed by atoms with E-state index in [9.17, 15) is 0 Å². The maximum Gasteiger partial charge on any atom is 0.0400 e. The van der Waals surface area contributed by atoms with Gasteiger partial charge in [0.15, 0.2) is 0 Å². The van der Waals surface area contributed by atoms with Crippen LogP contribution in [0.1, 0.15) is 36.5 Å². The van der Waals surface area contributed by atoms with E-state index >= 15 is 0 Å². The average Bonchev–Trinajstić information content (AvgIpc) is 2.78. The Labute approximate surface area is 181 Å². The summed E-state index contributed by atoms with van der Waals surface area (Å²) in [5.41, 5.74) is 8.47. The normalized spacial score (nSPS) is 12.7. The van der Waals surface area contributed by atoms with E-state index < -0.39 is 0 Å². The van der Waals surface area contributed by atoms with Gasteiger partial charge in [-0.15, -0.1) is 0 Å². The summed E-state index contributed by atoms with van der Waals surface area (Å²) < 4.78 is 0. The van der Waals surface area contributed by atoms with E-state index in [0.29, 0.717) is 0 Å². The highest BCUT2D eigenvalue weighted by Gasteiger charge is 2.10. The van der Waals surface area contributed by atoms with Gasteiger partial charge in [0.05, 0.1) is 0 Å². The maximum atomic E-state index is 4.29. The number of nitrogens with one attached hydrogen (secondary N) is 1. The predicted molar refractivity (Wildman–Crippen MR) is 130 cm³/mol. The Kier molecular flexibility index (Phi) is 7.45. The maximum absolute atomic E-state index is 4.29. The number of rotatable bonds is 8. The molecule has 0 aliphatic heterocycles. The SMILES string of the molecule is C=C(NCc1ccccc1)C(/C=C\C)=C\C(C)c1cc(-c2ccccc2)ccc1C. The van der Waals surface area contributed by atoms with E-state index in [4.69, 9.17) is 0 Å². The largest absolute Gasteiger partial charge is 0.381 e. The summed E-state index contributed by atoms with van der Waals surface area (Å²) in [6, 6.07) is 27.7. The van der Waals surface area contributed by atoms with Crippen LogP contribution in [0.4, 0.5) is 0 Å². The van der Waals surface area contributed by atoms with Crippen LogP contribution in [0.3, 0.4) is 0 Å². The van der Waals surface area contributed by atoms with E-state index in [1.54, 1.807) is 0 Å². The van der Waals surface area contributed by atoms with Crippen LogP contribution < -0.4 is 5.32 Å². The Hall–Kier alpha value is -3.32. The third-order valence-electron chi connectivity index (χ3n) is 5.35. The summed E-state index contributed by atoms with van der Waals surface area (Å²) in [4.78, 5) is 0. The minimum absolute atomic E-state index is 0.273. The first kappa shape index (κ1) is 21.4. The quantitative estimate of drug-likeness (QED) is 0.389. The molecular formula is C29H31N. The molecule has 3 aromatic carbocycles. The van der Waals surface area contributed by atoms with E-state index in [1.807, 2.05) is 13.0 Å². The molecule has 0 aliphatic carbocycles. The van der Waals surface area contributed by atoms with Gasteiger partial charge in [-0.05, 0) is 47.2 Å². The standard InChI is InChI=1S/C29H31N/c1-5-12-27(24(4)30-21-25-13-8-6-9-14-25)19-23(3)29-20-28(18-17-22(29)2)26-15-10-7-11-16-26/h5-20,23,30H,4,21H2,1-3H3/b12-5-,27-19-. The van der Waals surface area contributed by atoms with Crippen molar-refractivity contribution in [2.75, 3.05) is 0 Å². The molecule has 1 atom stereocenters. The molecular weight excluding hydrogens is 362 g/mol. The van der Waals surface area contributed by atoms with Crippen molar-refractivity contribution in [2.45, 2.75) is 33.2 Å². The van der Waals surface area contributed by atoms with E-state index in [1.165, 1.54) is 27.8 Å². The second-order valence-electron chi connectivity index (χ2n) is 7.67. The summed E-state index contributed by atoms with van der Waals surface area (Å²) >= 11 is 0. The molecule has 1 unspecified atom stereocenters. The van der Waals surface area contributed by atoms with Gasteiger partial charge in [0.1, 0.15) is 0 Å². The molecule has 1 heteroatoms. The molecule has 0 saturated carbocycles. The van der Waals surface area contributed by atoms with Crippen molar-refractivity contribution in [3.63, 3.8) is 0 Å². The fraction of sp³-hybridized carbons (Fsp3) is 0.172. The van der Waals surface area contributed by atoms with E-state index in [0.717, 1.165) is 17.8 Å². The van der Waals surface area contributed by atoms with Gasteiger partial charge in [0.2, 0.25) is 0 Å². The number of aryl methyl sites for hydroxylation is 1. The van der Waals surface area contributed by atoms with Gasteiger partial charge >= 0.3 is 0 Å². The van der Waals surface area contributed by atoms with Gasteiger partial charge in [0.25, 0.3) is 0 Å². The minimum atomic E-state index is 0.273. The topological polar surface area (TPSA) is 12.0 Å². The zero-order chi connectivity index (χ0) is 21.3. The number of benzene rings is 3. The molecule has 3 rings (SSSR count). The molecule has 0 aliphatic rings. The third-order valence-corrected chi connectivity index (χ3v) is 5.35. The van der Waals surface area contributed by atoms with Crippen LogP contribution in [-0.2, 0) is 6.54 Å². The lowest BCUT2D eigenvalue weighted by Gasteiger charge is -2.17. The van der Waals surface area contributed by atoms with Crippen molar-refractivity contribution < 1.29 is 0 Å². The predicted octanol–water partition coefficient (Wildman–Crippen LogP) is 7.57. The van der Waals surface area contributed by atoms with Gasteiger partial charge in [-0.3, -0.25) is 0 Å². The Morgan fingerprint density at radius 1 is 0.933 bits per heavy atom. The zero-order valence-corrected chi connectivity index (χ0v) is 18.2. The highest BCUT2D eigenvalue weighted by molar-refractivity contribution is 5.65. The van der Waals surface area contributed by atoms with Crippen molar-refractivity contribution in [1.82, 2.24) is 5.32 Å². The van der Waals surface area contributed by atoms with Gasteiger partial charge in [-0.25, -0.2) is 0 Å². The van der Waals surface area contributed by atoms with Crippen molar-refractivity contribution >= 4 is 0 Å². The third kappa shape index (κ3) is 5.61. The Morgan fingerprint density at radius 2 is 1.60 bits per heavy atom. The molecule has 152 valence electrons. The summed E-state index contributed by atoms with van der Waals surface area (Å²) in [6.45, 7) is 11.5. The van der Waals surface area contributed by atoms with Crippen molar-refractivity contribution in [1.29, 1.82) is 0 Å². The second kappa shape index (κ2) is 10.5. The Morgan fingerprint density at radius 3 is 2.27 bits per heavy atom. The average molecular weight is 394 g/mol. The van der Waals surface area contributed by atoms with Gasteiger partial charge < -0.3 is 5.32 Å². The van der Waals surface area contributed by atoms with Gasteiger partial charge in [-0.1, -0.05) is 111 Å². The molecule has 0 bridgehead atoms. The highest BCUT2D eigenvalue weighted by Crippen LogP contribution is 2.29. The van der Waals surface area contributed by atoms with Crippen LogP contribution in [0.5, 0.6) is 0 Å². The first-order chi connectivity index (χ1) is 14.6. The number of hydrogen-bond donors (Lipinski definition) is 1. The molecule has 0 heterocycles. The van der Waals surface area contributed by atoms with Crippen molar-refractivity contribution in [2.24, 2.45) is 0 Å². The lowest BCUT2D eigenvalue weighted by Crippen LogP contribution is -2.13. The lowest BCUT2D eigenvalue weighted by atomic mass is 9.90.